The molecule has 3 rings (SSSR count). The number of ether oxygens (including phenoxy) is 1. The van der Waals surface area contributed by atoms with Crippen LogP contribution < -0.4 is 5.32 Å². The predicted molar refractivity (Wildman–Crippen MR) is 72.5 cm³/mol. The van der Waals surface area contributed by atoms with Crippen molar-refractivity contribution in [2.45, 2.75) is 25.0 Å². The van der Waals surface area contributed by atoms with Gasteiger partial charge in [0.15, 0.2) is 0 Å². The molecule has 1 aromatic carbocycles. The quantitative estimate of drug-likeness (QED) is 0.875. The van der Waals surface area contributed by atoms with Crippen molar-refractivity contribution >= 4 is 0 Å². The van der Waals surface area contributed by atoms with Gasteiger partial charge in [0.2, 0.25) is 0 Å². The molecule has 98 valence electrons. The molecular weight excluding hydrogens is 224 g/mol. The Kier molecular flexibility index (Phi) is 3.37. The summed E-state index contributed by atoms with van der Waals surface area (Å²) in [5.41, 5.74) is 2.88. The van der Waals surface area contributed by atoms with Gasteiger partial charge in [-0.05, 0) is 24.0 Å². The molecule has 0 atom stereocenters. The molecule has 0 radical (unpaired) electrons. The van der Waals surface area contributed by atoms with E-state index in [-0.39, 0.29) is 5.60 Å². The van der Waals surface area contributed by atoms with E-state index < -0.39 is 0 Å². The zero-order valence-corrected chi connectivity index (χ0v) is 11.1. The summed E-state index contributed by atoms with van der Waals surface area (Å²) in [4.78, 5) is 2.53. The molecule has 0 aromatic heterocycles. The van der Waals surface area contributed by atoms with E-state index in [9.17, 15) is 0 Å². The van der Waals surface area contributed by atoms with E-state index in [4.69, 9.17) is 4.74 Å². The Morgan fingerprint density at radius 3 is 2.61 bits per heavy atom. The Morgan fingerprint density at radius 1 is 1.22 bits per heavy atom. The Bertz CT molecular complexity index is 409. The van der Waals surface area contributed by atoms with E-state index >= 15 is 0 Å². The number of rotatable bonds is 4. The van der Waals surface area contributed by atoms with Gasteiger partial charge in [-0.1, -0.05) is 24.3 Å². The Morgan fingerprint density at radius 2 is 1.94 bits per heavy atom. The largest absolute Gasteiger partial charge is 0.374 e. The lowest BCUT2D eigenvalue weighted by atomic mass is 10.00. The lowest BCUT2D eigenvalue weighted by molar-refractivity contribution is 0.0772. The highest BCUT2D eigenvalue weighted by molar-refractivity contribution is 5.36. The summed E-state index contributed by atoms with van der Waals surface area (Å²) in [7, 11) is 1.84. The van der Waals surface area contributed by atoms with Crippen molar-refractivity contribution in [1.82, 2.24) is 10.2 Å². The van der Waals surface area contributed by atoms with E-state index in [1.165, 1.54) is 24.0 Å². The van der Waals surface area contributed by atoms with Crippen molar-refractivity contribution in [1.29, 1.82) is 0 Å². The maximum atomic E-state index is 5.73. The van der Waals surface area contributed by atoms with Gasteiger partial charge in [-0.2, -0.15) is 0 Å². The van der Waals surface area contributed by atoms with Gasteiger partial charge in [-0.3, -0.25) is 4.90 Å². The van der Waals surface area contributed by atoms with Gasteiger partial charge in [0.25, 0.3) is 0 Å². The van der Waals surface area contributed by atoms with Crippen molar-refractivity contribution in [2.75, 3.05) is 33.3 Å². The first kappa shape index (κ1) is 12.2. The van der Waals surface area contributed by atoms with Gasteiger partial charge in [0.1, 0.15) is 0 Å². The Labute approximate surface area is 109 Å². The minimum atomic E-state index is 0.0324. The number of hydrogen-bond acceptors (Lipinski definition) is 3. The number of piperazine rings is 1. The third kappa shape index (κ3) is 2.30. The molecule has 1 saturated carbocycles. The molecule has 0 unspecified atom stereocenters. The summed E-state index contributed by atoms with van der Waals surface area (Å²) in [5, 5.41) is 3.40. The first-order valence-corrected chi connectivity index (χ1v) is 6.91. The Balaban J connectivity index is 1.79. The van der Waals surface area contributed by atoms with Crippen LogP contribution in [0.4, 0.5) is 0 Å². The van der Waals surface area contributed by atoms with Crippen molar-refractivity contribution in [3.05, 3.63) is 35.4 Å². The predicted octanol–water partition coefficient (Wildman–Crippen LogP) is 1.73. The van der Waals surface area contributed by atoms with Gasteiger partial charge in [0.05, 0.1) is 5.60 Å². The van der Waals surface area contributed by atoms with E-state index in [0.717, 1.165) is 32.7 Å². The van der Waals surface area contributed by atoms with Crippen LogP contribution in [-0.4, -0.2) is 38.2 Å². The van der Waals surface area contributed by atoms with E-state index in [1.54, 1.807) is 0 Å². The molecule has 0 amide bonds. The fourth-order valence-corrected chi connectivity index (χ4v) is 2.91. The summed E-state index contributed by atoms with van der Waals surface area (Å²) in [5.74, 6) is 0. The smallest absolute Gasteiger partial charge is 0.0933 e. The fourth-order valence-electron chi connectivity index (χ4n) is 2.91. The molecular formula is C15H22N2O. The highest BCUT2D eigenvalue weighted by Crippen LogP contribution is 2.49. The second-order valence-electron chi connectivity index (χ2n) is 5.38. The average molecular weight is 246 g/mol. The molecule has 1 N–H and O–H groups in total. The second kappa shape index (κ2) is 5.00. The molecule has 1 aliphatic carbocycles. The second-order valence-corrected chi connectivity index (χ2v) is 5.38. The molecule has 0 bridgehead atoms. The van der Waals surface area contributed by atoms with Gasteiger partial charge in [-0.15, -0.1) is 0 Å². The molecule has 1 aliphatic heterocycles. The number of methoxy groups -OCH3 is 1. The van der Waals surface area contributed by atoms with Gasteiger partial charge < -0.3 is 10.1 Å². The molecule has 1 heterocycles. The maximum absolute atomic E-state index is 5.73. The number of hydrogen-bond donors (Lipinski definition) is 1. The molecule has 1 aromatic rings. The summed E-state index contributed by atoms with van der Waals surface area (Å²) >= 11 is 0. The zero-order chi connectivity index (χ0) is 12.4. The molecule has 2 aliphatic rings. The third-order valence-corrected chi connectivity index (χ3v) is 4.21. The van der Waals surface area contributed by atoms with Gasteiger partial charge in [-0.25, -0.2) is 0 Å². The average Bonchev–Trinajstić information content (AvgIpc) is 3.22. The van der Waals surface area contributed by atoms with Gasteiger partial charge in [0, 0.05) is 39.8 Å². The lowest BCUT2D eigenvalue weighted by Gasteiger charge is -2.29. The van der Waals surface area contributed by atoms with Crippen LogP contribution in [0.1, 0.15) is 24.0 Å². The van der Waals surface area contributed by atoms with Crippen LogP contribution >= 0.6 is 0 Å². The zero-order valence-electron chi connectivity index (χ0n) is 11.1. The van der Waals surface area contributed by atoms with Crippen molar-refractivity contribution in [2.24, 2.45) is 0 Å². The van der Waals surface area contributed by atoms with Crippen LogP contribution in [0.3, 0.4) is 0 Å². The maximum Gasteiger partial charge on any atom is 0.0933 e. The van der Waals surface area contributed by atoms with E-state index in [1.807, 2.05) is 7.11 Å². The normalized spacial score (nSPS) is 22.9. The summed E-state index contributed by atoms with van der Waals surface area (Å²) in [6.07, 6.45) is 2.34. The van der Waals surface area contributed by atoms with Crippen LogP contribution in [0.5, 0.6) is 0 Å². The molecule has 3 nitrogen and oxygen atoms in total. The third-order valence-electron chi connectivity index (χ3n) is 4.21. The van der Waals surface area contributed by atoms with Crippen LogP contribution in [0, 0.1) is 0 Å². The van der Waals surface area contributed by atoms with E-state index in [2.05, 4.69) is 34.5 Å². The topological polar surface area (TPSA) is 24.5 Å². The van der Waals surface area contributed by atoms with Crippen LogP contribution in [0.15, 0.2) is 24.3 Å². The highest BCUT2D eigenvalue weighted by atomic mass is 16.5. The SMILES string of the molecule is COC1(c2ccccc2CN2CCNCC2)CC1. The molecule has 2 fully saturated rings. The van der Waals surface area contributed by atoms with Crippen molar-refractivity contribution in [3.63, 3.8) is 0 Å². The van der Waals surface area contributed by atoms with E-state index in [0.29, 0.717) is 0 Å². The molecule has 3 heteroatoms. The fraction of sp³-hybridized carbons (Fsp3) is 0.600. The van der Waals surface area contributed by atoms with Crippen LogP contribution in [0.2, 0.25) is 0 Å². The number of nitrogens with one attached hydrogen (secondary N) is 1. The Hall–Kier alpha value is -0.900. The summed E-state index contributed by atoms with van der Waals surface area (Å²) in [6, 6.07) is 8.78. The van der Waals surface area contributed by atoms with Crippen molar-refractivity contribution < 1.29 is 4.74 Å². The first-order valence-electron chi connectivity index (χ1n) is 6.91. The van der Waals surface area contributed by atoms with Crippen LogP contribution in [-0.2, 0) is 16.9 Å². The standard InChI is InChI=1S/C15H22N2O/c1-18-15(6-7-15)14-5-3-2-4-13(14)12-17-10-8-16-9-11-17/h2-5,16H,6-12H2,1H3. The van der Waals surface area contributed by atoms with Gasteiger partial charge >= 0.3 is 0 Å². The minimum Gasteiger partial charge on any atom is -0.374 e. The summed E-state index contributed by atoms with van der Waals surface area (Å²) < 4.78 is 5.73. The molecule has 0 spiro atoms. The molecule has 1 saturated heterocycles. The monoisotopic (exact) mass is 246 g/mol. The summed E-state index contributed by atoms with van der Waals surface area (Å²) in [6.45, 7) is 5.57. The first-order chi connectivity index (χ1) is 8.84. The highest BCUT2D eigenvalue weighted by Gasteiger charge is 2.45. The number of benzene rings is 1. The number of nitrogens with zero attached hydrogens (tertiary/aromatic N) is 1. The lowest BCUT2D eigenvalue weighted by Crippen LogP contribution is -2.43. The minimum absolute atomic E-state index is 0.0324. The molecule has 18 heavy (non-hydrogen) atoms. The van der Waals surface area contributed by atoms with Crippen LogP contribution in [0.25, 0.3) is 0 Å². The van der Waals surface area contributed by atoms with Crippen molar-refractivity contribution in [3.8, 4) is 0 Å².